The molecule has 0 N–H and O–H groups in total. The molecule has 0 aliphatic carbocycles. The van der Waals surface area contributed by atoms with Crippen LogP contribution in [-0.4, -0.2) is 15.6 Å². The molecule has 3 nitrogen and oxygen atoms in total. The number of aromatic nitrogens is 2. The minimum absolute atomic E-state index is 0.224. The van der Waals surface area contributed by atoms with Crippen LogP contribution >= 0.6 is 0 Å². The fourth-order valence-electron chi connectivity index (χ4n) is 1.79. The van der Waals surface area contributed by atoms with Gasteiger partial charge in [0.1, 0.15) is 5.78 Å². The molecule has 0 aliphatic heterocycles. The predicted octanol–water partition coefficient (Wildman–Crippen LogP) is 2.08. The highest BCUT2D eigenvalue weighted by Gasteiger charge is 2.06. The highest BCUT2D eigenvalue weighted by Crippen LogP contribution is 2.07. The summed E-state index contributed by atoms with van der Waals surface area (Å²) in [6, 6.07) is 8.09. The van der Waals surface area contributed by atoms with Crippen LogP contribution < -0.4 is 0 Å². The van der Waals surface area contributed by atoms with Crippen molar-refractivity contribution in [3.05, 3.63) is 53.3 Å². The van der Waals surface area contributed by atoms with E-state index in [1.807, 2.05) is 44.4 Å². The summed E-state index contributed by atoms with van der Waals surface area (Å²) in [7, 11) is 1.86. The molecule has 17 heavy (non-hydrogen) atoms. The Labute approximate surface area is 101 Å². The summed E-state index contributed by atoms with van der Waals surface area (Å²) < 4.78 is 1.72. The molecule has 2 rings (SSSR count). The molecule has 0 amide bonds. The van der Waals surface area contributed by atoms with E-state index in [4.69, 9.17) is 0 Å². The van der Waals surface area contributed by atoms with E-state index in [1.165, 1.54) is 5.56 Å². The molecule has 2 aromatic rings. The molecular formula is C14H16N2O. The average molecular weight is 228 g/mol. The Morgan fingerprint density at radius 1 is 1.18 bits per heavy atom. The first-order valence-corrected chi connectivity index (χ1v) is 5.68. The Morgan fingerprint density at radius 2 is 1.82 bits per heavy atom. The van der Waals surface area contributed by atoms with Gasteiger partial charge in [0.2, 0.25) is 0 Å². The molecule has 0 saturated carbocycles. The minimum atomic E-state index is 0.224. The standard InChI is InChI=1S/C14H16N2O/c1-11-3-5-12(6-4-11)7-14(17)8-13-9-15-16(2)10-13/h3-6,9-10H,7-8H2,1-2H3. The van der Waals surface area contributed by atoms with Gasteiger partial charge >= 0.3 is 0 Å². The van der Waals surface area contributed by atoms with Gasteiger partial charge in [-0.3, -0.25) is 9.48 Å². The van der Waals surface area contributed by atoms with E-state index < -0.39 is 0 Å². The number of ketones is 1. The van der Waals surface area contributed by atoms with Crippen LogP contribution in [0.2, 0.25) is 0 Å². The molecule has 3 heteroatoms. The highest BCUT2D eigenvalue weighted by molar-refractivity contribution is 5.82. The molecule has 1 aromatic heterocycles. The maximum absolute atomic E-state index is 11.8. The second-order valence-corrected chi connectivity index (χ2v) is 4.40. The van der Waals surface area contributed by atoms with E-state index in [2.05, 4.69) is 5.10 Å². The van der Waals surface area contributed by atoms with Gasteiger partial charge in [-0.25, -0.2) is 0 Å². The zero-order chi connectivity index (χ0) is 12.3. The fourth-order valence-corrected chi connectivity index (χ4v) is 1.79. The summed E-state index contributed by atoms with van der Waals surface area (Å²) in [6.07, 6.45) is 4.58. The van der Waals surface area contributed by atoms with Crippen molar-refractivity contribution in [3.8, 4) is 0 Å². The van der Waals surface area contributed by atoms with Crippen LogP contribution in [0.4, 0.5) is 0 Å². The van der Waals surface area contributed by atoms with Crippen molar-refractivity contribution >= 4 is 5.78 Å². The van der Waals surface area contributed by atoms with Crippen molar-refractivity contribution in [3.63, 3.8) is 0 Å². The predicted molar refractivity (Wildman–Crippen MR) is 66.8 cm³/mol. The third kappa shape index (κ3) is 3.28. The van der Waals surface area contributed by atoms with Gasteiger partial charge in [0.25, 0.3) is 0 Å². The van der Waals surface area contributed by atoms with Crippen LogP contribution in [-0.2, 0) is 24.7 Å². The summed E-state index contributed by atoms with van der Waals surface area (Å²) in [5.74, 6) is 0.224. The van der Waals surface area contributed by atoms with Gasteiger partial charge in [0.05, 0.1) is 6.20 Å². The van der Waals surface area contributed by atoms with Gasteiger partial charge in [-0.05, 0) is 18.1 Å². The Balaban J connectivity index is 1.95. The third-order valence-electron chi connectivity index (χ3n) is 2.68. The summed E-state index contributed by atoms with van der Waals surface area (Å²) in [6.45, 7) is 2.04. The van der Waals surface area contributed by atoms with Gasteiger partial charge in [-0.2, -0.15) is 5.10 Å². The number of nitrogens with zero attached hydrogens (tertiary/aromatic N) is 2. The second kappa shape index (κ2) is 4.95. The fraction of sp³-hybridized carbons (Fsp3) is 0.286. The Bertz CT molecular complexity index is 511. The number of hydrogen-bond acceptors (Lipinski definition) is 2. The van der Waals surface area contributed by atoms with Crippen molar-refractivity contribution in [2.75, 3.05) is 0 Å². The zero-order valence-corrected chi connectivity index (χ0v) is 10.2. The summed E-state index contributed by atoms with van der Waals surface area (Å²) in [4.78, 5) is 11.8. The molecule has 0 unspecified atom stereocenters. The van der Waals surface area contributed by atoms with Crippen LogP contribution in [0.5, 0.6) is 0 Å². The third-order valence-corrected chi connectivity index (χ3v) is 2.68. The Morgan fingerprint density at radius 3 is 2.41 bits per heavy atom. The molecule has 0 radical (unpaired) electrons. The minimum Gasteiger partial charge on any atom is -0.299 e. The monoisotopic (exact) mass is 228 g/mol. The van der Waals surface area contributed by atoms with Gasteiger partial charge in [0.15, 0.2) is 0 Å². The van der Waals surface area contributed by atoms with Crippen molar-refractivity contribution in [2.24, 2.45) is 7.05 Å². The molecule has 1 heterocycles. The quantitative estimate of drug-likeness (QED) is 0.803. The van der Waals surface area contributed by atoms with Gasteiger partial charge in [-0.15, -0.1) is 0 Å². The first-order chi connectivity index (χ1) is 8.13. The van der Waals surface area contributed by atoms with Crippen LogP contribution in [0.3, 0.4) is 0 Å². The van der Waals surface area contributed by atoms with Gasteiger partial charge in [0, 0.05) is 26.1 Å². The molecule has 0 fully saturated rings. The van der Waals surface area contributed by atoms with Crippen molar-refractivity contribution < 1.29 is 4.79 Å². The number of benzene rings is 1. The number of carbonyl (C=O) groups is 1. The number of hydrogen-bond donors (Lipinski definition) is 0. The lowest BCUT2D eigenvalue weighted by Gasteiger charge is -2.00. The summed E-state index contributed by atoms with van der Waals surface area (Å²) >= 11 is 0. The van der Waals surface area contributed by atoms with E-state index in [0.717, 1.165) is 11.1 Å². The van der Waals surface area contributed by atoms with Crippen molar-refractivity contribution in [2.45, 2.75) is 19.8 Å². The lowest BCUT2D eigenvalue weighted by Crippen LogP contribution is -2.06. The molecule has 0 aliphatic rings. The van der Waals surface area contributed by atoms with E-state index in [1.54, 1.807) is 10.9 Å². The van der Waals surface area contributed by atoms with Crippen LogP contribution in [0.1, 0.15) is 16.7 Å². The van der Waals surface area contributed by atoms with Crippen molar-refractivity contribution in [1.82, 2.24) is 9.78 Å². The van der Waals surface area contributed by atoms with Gasteiger partial charge < -0.3 is 0 Å². The molecule has 0 spiro atoms. The largest absolute Gasteiger partial charge is 0.299 e. The topological polar surface area (TPSA) is 34.9 Å². The smallest absolute Gasteiger partial charge is 0.141 e. The maximum atomic E-state index is 11.8. The molecule has 0 bridgehead atoms. The lowest BCUT2D eigenvalue weighted by atomic mass is 10.0. The molecule has 0 saturated heterocycles. The second-order valence-electron chi connectivity index (χ2n) is 4.40. The first kappa shape index (κ1) is 11.6. The normalized spacial score (nSPS) is 10.5. The van der Waals surface area contributed by atoms with Crippen LogP contribution in [0, 0.1) is 6.92 Å². The lowest BCUT2D eigenvalue weighted by molar-refractivity contribution is -0.117. The number of rotatable bonds is 4. The zero-order valence-electron chi connectivity index (χ0n) is 10.2. The molecule has 88 valence electrons. The molecule has 1 aromatic carbocycles. The maximum Gasteiger partial charge on any atom is 0.141 e. The SMILES string of the molecule is Cc1ccc(CC(=O)Cc2cnn(C)c2)cc1. The first-order valence-electron chi connectivity index (χ1n) is 5.68. The summed E-state index contributed by atoms with van der Waals surface area (Å²) in [5, 5.41) is 4.05. The van der Waals surface area contributed by atoms with Crippen LogP contribution in [0.25, 0.3) is 0 Å². The van der Waals surface area contributed by atoms with Gasteiger partial charge in [-0.1, -0.05) is 29.8 Å². The van der Waals surface area contributed by atoms with E-state index in [0.29, 0.717) is 12.8 Å². The highest BCUT2D eigenvalue weighted by atomic mass is 16.1. The number of carbonyl (C=O) groups excluding carboxylic acids is 1. The summed E-state index contributed by atoms with van der Waals surface area (Å²) in [5.41, 5.74) is 3.27. The Kier molecular flexibility index (Phi) is 3.38. The van der Waals surface area contributed by atoms with Crippen molar-refractivity contribution in [1.29, 1.82) is 0 Å². The average Bonchev–Trinajstić information content (AvgIpc) is 2.67. The number of Topliss-reactive ketones (excluding diaryl/α,β-unsaturated/α-hetero) is 1. The van der Waals surface area contributed by atoms with E-state index in [9.17, 15) is 4.79 Å². The number of aryl methyl sites for hydroxylation is 2. The van der Waals surface area contributed by atoms with Crippen LogP contribution in [0.15, 0.2) is 36.7 Å². The Hall–Kier alpha value is -1.90. The molecule has 0 atom stereocenters. The van der Waals surface area contributed by atoms with E-state index >= 15 is 0 Å². The molecular weight excluding hydrogens is 212 g/mol. The van der Waals surface area contributed by atoms with E-state index in [-0.39, 0.29) is 5.78 Å².